The molecule has 1 saturated heterocycles. The lowest BCUT2D eigenvalue weighted by atomic mass is 10.1. The summed E-state index contributed by atoms with van der Waals surface area (Å²) >= 11 is 0. The highest BCUT2D eigenvalue weighted by atomic mass is 15.3. The first-order valence-corrected chi connectivity index (χ1v) is 6.15. The summed E-state index contributed by atoms with van der Waals surface area (Å²) in [6, 6.07) is 0. The van der Waals surface area contributed by atoms with Crippen molar-refractivity contribution in [3.63, 3.8) is 0 Å². The van der Waals surface area contributed by atoms with Gasteiger partial charge in [0.05, 0.1) is 5.66 Å². The topological polar surface area (TPSA) is 15.3 Å². The Morgan fingerprint density at radius 1 is 1.21 bits per heavy atom. The smallest absolute Gasteiger partial charge is 0.0681 e. The van der Waals surface area contributed by atoms with Gasteiger partial charge < -0.3 is 0 Å². The summed E-state index contributed by atoms with van der Waals surface area (Å²) in [5, 5.41) is 3.50. The molecule has 1 rings (SSSR count). The fraction of sp³-hybridized carbons (Fsp3) is 1.00. The van der Waals surface area contributed by atoms with E-state index >= 15 is 0 Å². The molecule has 2 nitrogen and oxygen atoms in total. The zero-order valence-corrected chi connectivity index (χ0v) is 11.3. The summed E-state index contributed by atoms with van der Waals surface area (Å²) in [7, 11) is 2.19. The minimum absolute atomic E-state index is 0.286. The molecule has 1 unspecified atom stereocenters. The number of likely N-dealkylation sites (tertiary alicyclic amines) is 1. The van der Waals surface area contributed by atoms with Gasteiger partial charge in [0.15, 0.2) is 0 Å². The van der Waals surface area contributed by atoms with Gasteiger partial charge >= 0.3 is 0 Å². The molecule has 0 spiro atoms. The van der Waals surface area contributed by atoms with Gasteiger partial charge in [-0.2, -0.15) is 0 Å². The molecule has 1 aliphatic heterocycles. The molecular weight excluding hydrogens is 172 g/mol. The predicted molar refractivity (Wildman–Crippen MR) is 66.6 cm³/mol. The van der Waals surface area contributed by atoms with Gasteiger partial charge in [0.1, 0.15) is 0 Å². The van der Waals surface area contributed by atoms with Crippen LogP contribution in [-0.4, -0.2) is 30.7 Å². The Morgan fingerprint density at radius 3 is 2.00 bits per heavy atom. The molecule has 1 atom stereocenters. The average Bonchev–Trinajstić information content (AvgIpc) is 2.54. The molecule has 0 radical (unpaired) electrons. The second-order valence-corrected chi connectivity index (χ2v) is 3.33. The van der Waals surface area contributed by atoms with E-state index in [0.717, 1.165) is 6.54 Å². The van der Waals surface area contributed by atoms with Crippen molar-refractivity contribution < 1.29 is 0 Å². The van der Waals surface area contributed by atoms with Gasteiger partial charge in [-0.15, -0.1) is 0 Å². The molecule has 0 aliphatic carbocycles. The first-order chi connectivity index (χ1) is 6.69. The van der Waals surface area contributed by atoms with Crippen LogP contribution in [0, 0.1) is 0 Å². The van der Waals surface area contributed by atoms with Crippen molar-refractivity contribution in [2.75, 3.05) is 20.1 Å². The quantitative estimate of drug-likeness (QED) is 0.740. The summed E-state index contributed by atoms with van der Waals surface area (Å²) in [6.45, 7) is 14.8. The zero-order valence-electron chi connectivity index (χ0n) is 11.3. The molecule has 1 fully saturated rings. The van der Waals surface area contributed by atoms with E-state index in [0.29, 0.717) is 0 Å². The minimum atomic E-state index is 0.286. The number of hydrogen-bond donors (Lipinski definition) is 1. The Morgan fingerprint density at radius 2 is 1.71 bits per heavy atom. The summed E-state index contributed by atoms with van der Waals surface area (Å²) in [5.41, 5.74) is 0.286. The molecule has 14 heavy (non-hydrogen) atoms. The summed E-state index contributed by atoms with van der Waals surface area (Å²) in [4.78, 5) is 2.40. The van der Waals surface area contributed by atoms with Gasteiger partial charge in [-0.05, 0) is 39.9 Å². The lowest BCUT2D eigenvalue weighted by molar-refractivity contribution is 0.153. The van der Waals surface area contributed by atoms with Gasteiger partial charge in [-0.25, -0.2) is 0 Å². The number of nitrogens with one attached hydrogen (secondary N) is 1. The van der Waals surface area contributed by atoms with E-state index in [1.807, 2.05) is 27.7 Å². The molecule has 2 heteroatoms. The van der Waals surface area contributed by atoms with Crippen molar-refractivity contribution in [1.82, 2.24) is 10.2 Å². The molecule has 0 bridgehead atoms. The van der Waals surface area contributed by atoms with Crippen molar-refractivity contribution in [2.45, 2.75) is 60.0 Å². The van der Waals surface area contributed by atoms with E-state index in [4.69, 9.17) is 0 Å². The highest BCUT2D eigenvalue weighted by Gasteiger charge is 2.32. The van der Waals surface area contributed by atoms with Crippen molar-refractivity contribution in [2.24, 2.45) is 0 Å². The molecule has 0 amide bonds. The number of rotatable bonds is 2. The van der Waals surface area contributed by atoms with Crippen LogP contribution in [0.3, 0.4) is 0 Å². The molecule has 1 heterocycles. The Bertz CT molecular complexity index is 115. The molecular formula is C12H30N2. The van der Waals surface area contributed by atoms with E-state index < -0.39 is 0 Å². The fourth-order valence-electron chi connectivity index (χ4n) is 1.70. The molecule has 1 N–H and O–H groups in total. The Balaban J connectivity index is 0. The SMILES string of the molecule is CC.CC.CCNC1(C)CCCN1C. The van der Waals surface area contributed by atoms with Gasteiger partial charge in [-0.1, -0.05) is 34.6 Å². The third-order valence-electron chi connectivity index (χ3n) is 2.56. The second-order valence-electron chi connectivity index (χ2n) is 3.33. The maximum Gasteiger partial charge on any atom is 0.0681 e. The van der Waals surface area contributed by atoms with Crippen LogP contribution in [0.1, 0.15) is 54.4 Å². The summed E-state index contributed by atoms with van der Waals surface area (Å²) in [6.07, 6.45) is 2.62. The van der Waals surface area contributed by atoms with Crippen molar-refractivity contribution in [1.29, 1.82) is 0 Å². The summed E-state index contributed by atoms with van der Waals surface area (Å²) in [5.74, 6) is 0. The largest absolute Gasteiger partial charge is 0.300 e. The van der Waals surface area contributed by atoms with Gasteiger partial charge in [0.2, 0.25) is 0 Å². The van der Waals surface area contributed by atoms with Crippen LogP contribution in [0.15, 0.2) is 0 Å². The standard InChI is InChI=1S/C8H18N2.2C2H6/c1-4-9-8(2)6-5-7-10(8)3;2*1-2/h9H,4-7H2,1-3H3;2*1-2H3. The van der Waals surface area contributed by atoms with E-state index in [9.17, 15) is 0 Å². The van der Waals surface area contributed by atoms with Crippen LogP contribution in [0.2, 0.25) is 0 Å². The molecule has 0 aromatic carbocycles. The van der Waals surface area contributed by atoms with Gasteiger partial charge in [0, 0.05) is 0 Å². The minimum Gasteiger partial charge on any atom is -0.300 e. The van der Waals surface area contributed by atoms with Gasteiger partial charge in [-0.3, -0.25) is 10.2 Å². The Kier molecular flexibility index (Phi) is 11.1. The third-order valence-corrected chi connectivity index (χ3v) is 2.56. The Hall–Kier alpha value is -0.0800. The summed E-state index contributed by atoms with van der Waals surface area (Å²) < 4.78 is 0. The van der Waals surface area contributed by atoms with Crippen molar-refractivity contribution in [3.05, 3.63) is 0 Å². The maximum atomic E-state index is 3.50. The van der Waals surface area contributed by atoms with Crippen molar-refractivity contribution in [3.8, 4) is 0 Å². The zero-order chi connectivity index (χ0) is 11.6. The van der Waals surface area contributed by atoms with Crippen LogP contribution < -0.4 is 5.32 Å². The van der Waals surface area contributed by atoms with E-state index in [1.54, 1.807) is 0 Å². The predicted octanol–water partition coefficient (Wildman–Crippen LogP) is 3.09. The molecule has 0 aromatic rings. The molecule has 1 aliphatic rings. The lowest BCUT2D eigenvalue weighted by Crippen LogP contribution is -2.50. The van der Waals surface area contributed by atoms with Crippen molar-refractivity contribution >= 4 is 0 Å². The molecule has 88 valence electrons. The molecule has 0 aromatic heterocycles. The number of hydrogen-bond acceptors (Lipinski definition) is 2. The fourth-order valence-corrected chi connectivity index (χ4v) is 1.70. The van der Waals surface area contributed by atoms with Gasteiger partial charge in [0.25, 0.3) is 0 Å². The third kappa shape index (κ3) is 4.97. The monoisotopic (exact) mass is 202 g/mol. The second kappa shape index (κ2) is 9.47. The first kappa shape index (κ1) is 16.4. The van der Waals surface area contributed by atoms with Crippen LogP contribution in [-0.2, 0) is 0 Å². The number of nitrogens with zero attached hydrogens (tertiary/aromatic N) is 1. The molecule has 0 saturated carbocycles. The van der Waals surface area contributed by atoms with Crippen LogP contribution in [0.5, 0.6) is 0 Å². The lowest BCUT2D eigenvalue weighted by Gasteiger charge is -2.32. The van der Waals surface area contributed by atoms with Crippen LogP contribution in [0.25, 0.3) is 0 Å². The maximum absolute atomic E-state index is 3.50. The van der Waals surface area contributed by atoms with E-state index in [-0.39, 0.29) is 5.66 Å². The van der Waals surface area contributed by atoms with Crippen LogP contribution >= 0.6 is 0 Å². The normalized spacial score (nSPS) is 25.9. The van der Waals surface area contributed by atoms with E-state index in [2.05, 4.69) is 31.1 Å². The van der Waals surface area contributed by atoms with E-state index in [1.165, 1.54) is 19.4 Å². The average molecular weight is 202 g/mol. The van der Waals surface area contributed by atoms with Crippen LogP contribution in [0.4, 0.5) is 0 Å². The highest BCUT2D eigenvalue weighted by Crippen LogP contribution is 2.23. The highest BCUT2D eigenvalue weighted by molar-refractivity contribution is 4.86. The Labute approximate surface area is 91.1 Å². The first-order valence-electron chi connectivity index (χ1n) is 6.15.